The van der Waals surface area contributed by atoms with Crippen molar-refractivity contribution in [3.05, 3.63) is 0 Å². The highest BCUT2D eigenvalue weighted by Crippen LogP contribution is 2.34. The Balaban J connectivity index is 2.67. The van der Waals surface area contributed by atoms with Crippen molar-refractivity contribution in [1.82, 2.24) is 5.32 Å². The standard InChI is InChI=1S/C14H26ClNO/c1-5-13(3,4)12(17)16-14(10-15)8-6-11(2)7-9-14/h11H,5-10H2,1-4H3,(H,16,17). The van der Waals surface area contributed by atoms with Gasteiger partial charge in [-0.15, -0.1) is 11.6 Å². The molecule has 17 heavy (non-hydrogen) atoms. The minimum Gasteiger partial charge on any atom is -0.349 e. The van der Waals surface area contributed by atoms with Crippen LogP contribution >= 0.6 is 11.6 Å². The number of hydrogen-bond donors (Lipinski definition) is 1. The van der Waals surface area contributed by atoms with Crippen LogP contribution in [-0.2, 0) is 4.79 Å². The van der Waals surface area contributed by atoms with Crippen LogP contribution in [-0.4, -0.2) is 17.3 Å². The lowest BCUT2D eigenvalue weighted by Gasteiger charge is -2.40. The predicted molar refractivity (Wildman–Crippen MR) is 73.3 cm³/mol. The van der Waals surface area contributed by atoms with E-state index in [-0.39, 0.29) is 16.9 Å². The Morgan fingerprint density at radius 1 is 1.41 bits per heavy atom. The number of hydrogen-bond acceptors (Lipinski definition) is 1. The van der Waals surface area contributed by atoms with Crippen molar-refractivity contribution in [3.8, 4) is 0 Å². The summed E-state index contributed by atoms with van der Waals surface area (Å²) in [6.45, 7) is 8.32. The van der Waals surface area contributed by atoms with Crippen LogP contribution in [0.25, 0.3) is 0 Å². The zero-order valence-corrected chi connectivity index (χ0v) is 12.4. The maximum Gasteiger partial charge on any atom is 0.226 e. The fraction of sp³-hybridized carbons (Fsp3) is 0.929. The summed E-state index contributed by atoms with van der Waals surface area (Å²) in [6.07, 6.45) is 5.22. The molecule has 100 valence electrons. The predicted octanol–water partition coefficient (Wildman–Crippen LogP) is 3.73. The van der Waals surface area contributed by atoms with Crippen molar-refractivity contribution in [2.24, 2.45) is 11.3 Å². The Bertz CT molecular complexity index is 267. The first-order valence-electron chi connectivity index (χ1n) is 6.74. The third-order valence-corrected chi connectivity index (χ3v) is 4.88. The van der Waals surface area contributed by atoms with E-state index in [0.29, 0.717) is 5.88 Å². The van der Waals surface area contributed by atoms with Gasteiger partial charge in [-0.25, -0.2) is 0 Å². The maximum atomic E-state index is 12.2. The molecule has 1 fully saturated rings. The molecule has 0 radical (unpaired) electrons. The second kappa shape index (κ2) is 5.60. The van der Waals surface area contributed by atoms with Gasteiger partial charge in [0.1, 0.15) is 0 Å². The topological polar surface area (TPSA) is 29.1 Å². The third-order valence-electron chi connectivity index (χ3n) is 4.36. The molecule has 1 aliphatic carbocycles. The molecule has 0 bridgehead atoms. The van der Waals surface area contributed by atoms with Gasteiger partial charge in [0, 0.05) is 11.3 Å². The third kappa shape index (κ3) is 3.61. The summed E-state index contributed by atoms with van der Waals surface area (Å²) in [7, 11) is 0. The molecule has 1 aliphatic rings. The number of rotatable bonds is 4. The van der Waals surface area contributed by atoms with E-state index in [4.69, 9.17) is 11.6 Å². The summed E-state index contributed by atoms with van der Waals surface area (Å²) in [5, 5.41) is 3.22. The average Bonchev–Trinajstić information content (AvgIpc) is 2.32. The molecule has 0 aromatic rings. The van der Waals surface area contributed by atoms with Crippen LogP contribution in [0.2, 0.25) is 0 Å². The normalized spacial score (nSPS) is 30.1. The van der Waals surface area contributed by atoms with Crippen molar-refractivity contribution in [3.63, 3.8) is 0 Å². The molecule has 0 aromatic carbocycles. The average molecular weight is 260 g/mol. The second-order valence-corrected chi connectivity index (χ2v) is 6.56. The fourth-order valence-corrected chi connectivity index (χ4v) is 2.51. The smallest absolute Gasteiger partial charge is 0.226 e. The first-order valence-corrected chi connectivity index (χ1v) is 7.27. The van der Waals surface area contributed by atoms with Crippen molar-refractivity contribution in [1.29, 1.82) is 0 Å². The van der Waals surface area contributed by atoms with Gasteiger partial charge in [0.15, 0.2) is 0 Å². The molecule has 0 aliphatic heterocycles. The molecule has 1 saturated carbocycles. The minimum atomic E-state index is -0.290. The Labute approximate surface area is 110 Å². The summed E-state index contributed by atoms with van der Waals surface area (Å²) in [5.74, 6) is 1.45. The maximum absolute atomic E-state index is 12.2. The lowest BCUT2D eigenvalue weighted by Crippen LogP contribution is -2.55. The number of carbonyl (C=O) groups excluding carboxylic acids is 1. The molecule has 2 nitrogen and oxygen atoms in total. The number of carbonyl (C=O) groups is 1. The number of amides is 1. The summed E-state index contributed by atoms with van der Waals surface area (Å²) < 4.78 is 0. The highest BCUT2D eigenvalue weighted by Gasteiger charge is 2.38. The number of halogens is 1. The minimum absolute atomic E-state index is 0.148. The van der Waals surface area contributed by atoms with E-state index in [1.165, 1.54) is 12.8 Å². The molecule has 0 spiro atoms. The van der Waals surface area contributed by atoms with E-state index in [0.717, 1.165) is 25.2 Å². The van der Waals surface area contributed by atoms with Gasteiger partial charge < -0.3 is 5.32 Å². The molecule has 0 unspecified atom stereocenters. The Morgan fingerprint density at radius 2 is 1.94 bits per heavy atom. The van der Waals surface area contributed by atoms with Crippen molar-refractivity contribution >= 4 is 17.5 Å². The molecular weight excluding hydrogens is 234 g/mol. The van der Waals surface area contributed by atoms with Gasteiger partial charge in [-0.1, -0.05) is 27.7 Å². The zero-order chi connectivity index (χ0) is 13.1. The van der Waals surface area contributed by atoms with E-state index in [9.17, 15) is 4.79 Å². The molecule has 0 aromatic heterocycles. The first-order chi connectivity index (χ1) is 7.85. The molecule has 3 heteroatoms. The van der Waals surface area contributed by atoms with E-state index >= 15 is 0 Å². The molecule has 1 amide bonds. The number of alkyl halides is 1. The molecule has 0 heterocycles. The van der Waals surface area contributed by atoms with Crippen molar-refractivity contribution in [2.75, 3.05) is 5.88 Å². The zero-order valence-electron chi connectivity index (χ0n) is 11.6. The summed E-state index contributed by atoms with van der Waals surface area (Å²) in [5.41, 5.74) is -0.445. The van der Waals surface area contributed by atoms with Gasteiger partial charge >= 0.3 is 0 Å². The Morgan fingerprint density at radius 3 is 2.35 bits per heavy atom. The highest BCUT2D eigenvalue weighted by atomic mass is 35.5. The quantitative estimate of drug-likeness (QED) is 0.766. The van der Waals surface area contributed by atoms with E-state index in [2.05, 4.69) is 19.2 Å². The van der Waals surface area contributed by atoms with Gasteiger partial charge in [-0.05, 0) is 38.0 Å². The lowest BCUT2D eigenvalue weighted by molar-refractivity contribution is -0.131. The number of nitrogens with one attached hydrogen (secondary N) is 1. The lowest BCUT2D eigenvalue weighted by atomic mass is 9.77. The molecular formula is C14H26ClNO. The summed E-state index contributed by atoms with van der Waals surface area (Å²) in [4.78, 5) is 12.2. The largest absolute Gasteiger partial charge is 0.349 e. The van der Waals surface area contributed by atoms with Crippen LogP contribution in [0.4, 0.5) is 0 Å². The fourth-order valence-electron chi connectivity index (χ4n) is 2.18. The van der Waals surface area contributed by atoms with Crippen molar-refractivity contribution < 1.29 is 4.79 Å². The monoisotopic (exact) mass is 259 g/mol. The van der Waals surface area contributed by atoms with Crippen molar-refractivity contribution in [2.45, 2.75) is 65.3 Å². The van der Waals surface area contributed by atoms with Crippen LogP contribution in [0.3, 0.4) is 0 Å². The van der Waals surface area contributed by atoms with Gasteiger partial charge in [-0.2, -0.15) is 0 Å². The first kappa shape index (κ1) is 14.8. The Kier molecular flexibility index (Phi) is 4.88. The van der Waals surface area contributed by atoms with Gasteiger partial charge in [0.05, 0.1) is 5.54 Å². The van der Waals surface area contributed by atoms with Crippen LogP contribution in [0, 0.1) is 11.3 Å². The van der Waals surface area contributed by atoms with Gasteiger partial charge in [-0.3, -0.25) is 4.79 Å². The van der Waals surface area contributed by atoms with Crippen LogP contribution in [0.5, 0.6) is 0 Å². The molecule has 1 N–H and O–H groups in total. The summed E-state index contributed by atoms with van der Waals surface area (Å²) >= 11 is 6.11. The van der Waals surface area contributed by atoms with Crippen LogP contribution in [0.1, 0.15) is 59.8 Å². The van der Waals surface area contributed by atoms with Gasteiger partial charge in [0.2, 0.25) is 5.91 Å². The SMILES string of the molecule is CCC(C)(C)C(=O)NC1(CCl)CCC(C)CC1. The van der Waals surface area contributed by atoms with E-state index < -0.39 is 0 Å². The second-order valence-electron chi connectivity index (χ2n) is 6.29. The molecule has 1 rings (SSSR count). The van der Waals surface area contributed by atoms with Crippen LogP contribution < -0.4 is 5.32 Å². The molecule has 0 atom stereocenters. The van der Waals surface area contributed by atoms with E-state index in [1.54, 1.807) is 0 Å². The highest BCUT2D eigenvalue weighted by molar-refractivity contribution is 6.18. The van der Waals surface area contributed by atoms with Gasteiger partial charge in [0.25, 0.3) is 0 Å². The molecule has 0 saturated heterocycles. The Hall–Kier alpha value is -0.240. The van der Waals surface area contributed by atoms with E-state index in [1.807, 2.05) is 13.8 Å². The summed E-state index contributed by atoms with van der Waals surface area (Å²) in [6, 6.07) is 0. The van der Waals surface area contributed by atoms with Crippen LogP contribution in [0.15, 0.2) is 0 Å².